The van der Waals surface area contributed by atoms with Crippen LogP contribution in [0.5, 0.6) is 0 Å². The van der Waals surface area contributed by atoms with E-state index < -0.39 is 0 Å². The minimum Gasteiger partial charge on any atom is -0.469 e. The molecule has 0 N–H and O–H groups in total. The third-order valence-corrected chi connectivity index (χ3v) is 1.85. The molecule has 1 aliphatic rings. The van der Waals surface area contributed by atoms with E-state index in [2.05, 4.69) is 4.74 Å². The predicted octanol–water partition coefficient (Wildman–Crippen LogP) is 0.750. The SMILES string of the molecule is COC(=O)[C@@H]1C=C[C@H](OC)C1. The number of carbonyl (C=O) groups is 1. The molecule has 0 bridgehead atoms. The molecule has 0 aliphatic heterocycles. The summed E-state index contributed by atoms with van der Waals surface area (Å²) in [5.74, 6) is -0.286. The summed E-state index contributed by atoms with van der Waals surface area (Å²) in [4.78, 5) is 10.9. The quantitative estimate of drug-likeness (QED) is 0.437. The molecular formula is C8H12O3. The first kappa shape index (κ1) is 8.27. The van der Waals surface area contributed by atoms with Gasteiger partial charge in [0.25, 0.3) is 0 Å². The molecule has 0 aromatic heterocycles. The molecule has 0 spiro atoms. The van der Waals surface area contributed by atoms with Crippen LogP contribution >= 0.6 is 0 Å². The van der Waals surface area contributed by atoms with Gasteiger partial charge in [0.05, 0.1) is 19.1 Å². The Bertz CT molecular complexity index is 174. The number of hydrogen-bond acceptors (Lipinski definition) is 3. The molecule has 0 aromatic rings. The third-order valence-electron chi connectivity index (χ3n) is 1.85. The van der Waals surface area contributed by atoms with Crippen molar-refractivity contribution in [2.75, 3.05) is 14.2 Å². The summed E-state index contributed by atoms with van der Waals surface area (Å²) >= 11 is 0. The minimum absolute atomic E-state index is 0.0825. The van der Waals surface area contributed by atoms with Crippen molar-refractivity contribution in [3.05, 3.63) is 12.2 Å². The Morgan fingerprint density at radius 3 is 2.64 bits per heavy atom. The number of ether oxygens (including phenoxy) is 2. The van der Waals surface area contributed by atoms with Crippen molar-refractivity contribution in [1.82, 2.24) is 0 Å². The second-order valence-electron chi connectivity index (χ2n) is 2.52. The van der Waals surface area contributed by atoms with Gasteiger partial charge in [0.1, 0.15) is 0 Å². The molecule has 0 unspecified atom stereocenters. The number of methoxy groups -OCH3 is 2. The average Bonchev–Trinajstić information content (AvgIpc) is 2.50. The van der Waals surface area contributed by atoms with Gasteiger partial charge in [-0.3, -0.25) is 4.79 Å². The highest BCUT2D eigenvalue weighted by Crippen LogP contribution is 2.20. The summed E-state index contributed by atoms with van der Waals surface area (Å²) in [6.07, 6.45) is 4.52. The van der Waals surface area contributed by atoms with Gasteiger partial charge in [-0.05, 0) is 6.42 Å². The summed E-state index contributed by atoms with van der Waals surface area (Å²) in [5.41, 5.74) is 0. The molecule has 1 rings (SSSR count). The molecule has 1 aliphatic carbocycles. The number of hydrogen-bond donors (Lipinski definition) is 0. The molecular weight excluding hydrogens is 144 g/mol. The largest absolute Gasteiger partial charge is 0.469 e. The fourth-order valence-corrected chi connectivity index (χ4v) is 1.17. The lowest BCUT2D eigenvalue weighted by Crippen LogP contribution is -2.15. The molecule has 0 saturated carbocycles. The van der Waals surface area contributed by atoms with Crippen LogP contribution in [0.1, 0.15) is 6.42 Å². The van der Waals surface area contributed by atoms with Crippen LogP contribution in [-0.2, 0) is 14.3 Å². The number of carbonyl (C=O) groups excluding carboxylic acids is 1. The van der Waals surface area contributed by atoms with E-state index in [1.807, 2.05) is 12.2 Å². The molecule has 3 nitrogen and oxygen atoms in total. The molecule has 0 saturated heterocycles. The van der Waals surface area contributed by atoms with E-state index in [4.69, 9.17) is 4.74 Å². The van der Waals surface area contributed by atoms with E-state index in [9.17, 15) is 4.79 Å². The first-order valence-electron chi connectivity index (χ1n) is 3.57. The normalized spacial score (nSPS) is 28.9. The minimum atomic E-state index is -0.180. The second-order valence-corrected chi connectivity index (χ2v) is 2.52. The molecule has 3 heteroatoms. The van der Waals surface area contributed by atoms with Gasteiger partial charge >= 0.3 is 5.97 Å². The van der Waals surface area contributed by atoms with Crippen LogP contribution in [0.4, 0.5) is 0 Å². The fourth-order valence-electron chi connectivity index (χ4n) is 1.17. The Hall–Kier alpha value is -0.830. The van der Waals surface area contributed by atoms with Crippen LogP contribution in [-0.4, -0.2) is 26.3 Å². The van der Waals surface area contributed by atoms with Crippen LogP contribution in [0.15, 0.2) is 12.2 Å². The Kier molecular flexibility index (Phi) is 2.65. The van der Waals surface area contributed by atoms with Gasteiger partial charge in [0, 0.05) is 7.11 Å². The van der Waals surface area contributed by atoms with E-state index in [1.54, 1.807) is 7.11 Å². The maximum atomic E-state index is 10.9. The van der Waals surface area contributed by atoms with Gasteiger partial charge in [-0.2, -0.15) is 0 Å². The molecule has 0 radical (unpaired) electrons. The smallest absolute Gasteiger partial charge is 0.312 e. The van der Waals surface area contributed by atoms with Gasteiger partial charge in [-0.25, -0.2) is 0 Å². The number of rotatable bonds is 2. The van der Waals surface area contributed by atoms with Crippen molar-refractivity contribution >= 4 is 5.97 Å². The Balaban J connectivity index is 2.43. The highest BCUT2D eigenvalue weighted by atomic mass is 16.5. The lowest BCUT2D eigenvalue weighted by molar-refractivity contribution is -0.144. The predicted molar refractivity (Wildman–Crippen MR) is 40.1 cm³/mol. The van der Waals surface area contributed by atoms with Crippen molar-refractivity contribution in [3.8, 4) is 0 Å². The summed E-state index contributed by atoms with van der Waals surface area (Å²) in [6.45, 7) is 0. The third kappa shape index (κ3) is 1.80. The zero-order chi connectivity index (χ0) is 8.27. The average molecular weight is 156 g/mol. The maximum absolute atomic E-state index is 10.9. The maximum Gasteiger partial charge on any atom is 0.312 e. The number of esters is 1. The first-order chi connectivity index (χ1) is 5.27. The van der Waals surface area contributed by atoms with E-state index in [0.717, 1.165) is 0 Å². The van der Waals surface area contributed by atoms with Crippen molar-refractivity contribution in [2.45, 2.75) is 12.5 Å². The second kappa shape index (κ2) is 3.53. The van der Waals surface area contributed by atoms with Gasteiger partial charge in [0.15, 0.2) is 0 Å². The van der Waals surface area contributed by atoms with Crippen LogP contribution in [0.3, 0.4) is 0 Å². The zero-order valence-corrected chi connectivity index (χ0v) is 6.74. The van der Waals surface area contributed by atoms with Gasteiger partial charge in [-0.1, -0.05) is 12.2 Å². The molecule has 0 aromatic carbocycles. The zero-order valence-electron chi connectivity index (χ0n) is 6.74. The lowest BCUT2D eigenvalue weighted by Gasteiger charge is -2.07. The van der Waals surface area contributed by atoms with E-state index >= 15 is 0 Å². The Morgan fingerprint density at radius 1 is 1.45 bits per heavy atom. The van der Waals surface area contributed by atoms with Crippen molar-refractivity contribution in [2.24, 2.45) is 5.92 Å². The molecule has 0 fully saturated rings. The van der Waals surface area contributed by atoms with E-state index in [1.165, 1.54) is 7.11 Å². The monoisotopic (exact) mass is 156 g/mol. The fraction of sp³-hybridized carbons (Fsp3) is 0.625. The summed E-state index contributed by atoms with van der Waals surface area (Å²) in [5, 5.41) is 0. The van der Waals surface area contributed by atoms with Crippen LogP contribution < -0.4 is 0 Å². The highest BCUT2D eigenvalue weighted by Gasteiger charge is 2.24. The van der Waals surface area contributed by atoms with E-state index in [0.29, 0.717) is 6.42 Å². The Labute approximate surface area is 66.0 Å². The van der Waals surface area contributed by atoms with Gasteiger partial charge < -0.3 is 9.47 Å². The van der Waals surface area contributed by atoms with Crippen LogP contribution in [0.25, 0.3) is 0 Å². The Morgan fingerprint density at radius 2 is 2.18 bits per heavy atom. The summed E-state index contributed by atoms with van der Waals surface area (Å²) < 4.78 is 9.62. The molecule has 11 heavy (non-hydrogen) atoms. The van der Waals surface area contributed by atoms with E-state index in [-0.39, 0.29) is 18.0 Å². The topological polar surface area (TPSA) is 35.5 Å². The molecule has 62 valence electrons. The van der Waals surface area contributed by atoms with Crippen LogP contribution in [0.2, 0.25) is 0 Å². The molecule has 0 heterocycles. The van der Waals surface area contributed by atoms with Gasteiger partial charge in [-0.15, -0.1) is 0 Å². The highest BCUT2D eigenvalue weighted by molar-refractivity contribution is 5.75. The summed E-state index contributed by atoms with van der Waals surface area (Å²) in [6, 6.07) is 0. The molecule has 0 amide bonds. The standard InChI is InChI=1S/C8H12O3/c1-10-7-4-3-6(5-7)8(9)11-2/h3-4,6-7H,5H2,1-2H3/t6-,7+/m1/s1. The van der Waals surface area contributed by atoms with Crippen molar-refractivity contribution in [1.29, 1.82) is 0 Å². The van der Waals surface area contributed by atoms with Gasteiger partial charge in [0.2, 0.25) is 0 Å². The first-order valence-corrected chi connectivity index (χ1v) is 3.57. The summed E-state index contributed by atoms with van der Waals surface area (Å²) in [7, 11) is 3.03. The molecule has 2 atom stereocenters. The van der Waals surface area contributed by atoms with Crippen LogP contribution in [0, 0.1) is 5.92 Å². The van der Waals surface area contributed by atoms with Crippen molar-refractivity contribution < 1.29 is 14.3 Å². The lowest BCUT2D eigenvalue weighted by atomic mass is 10.1. The van der Waals surface area contributed by atoms with Crippen molar-refractivity contribution in [3.63, 3.8) is 0 Å².